The molecule has 0 spiro atoms. The molecule has 0 rings (SSSR count). The standard InChI is InChI=1S/C9H21NO3/c1-8(2,5-11)7(12)9(3,4)6-13-10/h7,11-12H,5-6,10H2,1-4H3. The van der Waals surface area contributed by atoms with Gasteiger partial charge in [-0.3, -0.25) is 0 Å². The second kappa shape index (κ2) is 4.37. The number of aliphatic hydroxyl groups is 2. The number of hydrogen-bond donors (Lipinski definition) is 3. The minimum absolute atomic E-state index is 0.0673. The third-order valence-corrected chi connectivity index (χ3v) is 2.34. The molecule has 4 N–H and O–H groups in total. The smallest absolute Gasteiger partial charge is 0.0755 e. The lowest BCUT2D eigenvalue weighted by Crippen LogP contribution is -2.46. The van der Waals surface area contributed by atoms with Crippen molar-refractivity contribution in [2.75, 3.05) is 13.2 Å². The molecule has 0 aliphatic rings. The van der Waals surface area contributed by atoms with E-state index in [-0.39, 0.29) is 13.2 Å². The molecule has 0 radical (unpaired) electrons. The van der Waals surface area contributed by atoms with Gasteiger partial charge in [0, 0.05) is 10.8 Å². The van der Waals surface area contributed by atoms with Crippen LogP contribution in [0.4, 0.5) is 0 Å². The van der Waals surface area contributed by atoms with Crippen LogP contribution in [0.1, 0.15) is 27.7 Å². The zero-order valence-corrected chi connectivity index (χ0v) is 8.87. The van der Waals surface area contributed by atoms with Crippen LogP contribution in [0.3, 0.4) is 0 Å². The normalized spacial score (nSPS) is 15.9. The Kier molecular flexibility index (Phi) is 4.32. The summed E-state index contributed by atoms with van der Waals surface area (Å²) in [6, 6.07) is 0. The predicted octanol–water partition coefficient (Wildman–Crippen LogP) is 0.282. The van der Waals surface area contributed by atoms with Gasteiger partial charge in [-0.05, 0) is 0 Å². The fraction of sp³-hybridized carbons (Fsp3) is 1.00. The number of aliphatic hydroxyl groups excluding tert-OH is 2. The fourth-order valence-corrected chi connectivity index (χ4v) is 1.44. The van der Waals surface area contributed by atoms with Crippen molar-refractivity contribution < 1.29 is 15.1 Å². The highest BCUT2D eigenvalue weighted by Crippen LogP contribution is 2.33. The molecule has 4 nitrogen and oxygen atoms in total. The maximum atomic E-state index is 9.94. The van der Waals surface area contributed by atoms with Crippen molar-refractivity contribution in [2.24, 2.45) is 16.7 Å². The number of rotatable bonds is 5. The quantitative estimate of drug-likeness (QED) is 0.546. The average molecular weight is 191 g/mol. The largest absolute Gasteiger partial charge is 0.396 e. The van der Waals surface area contributed by atoms with E-state index in [1.165, 1.54) is 0 Å². The Hall–Kier alpha value is -0.160. The summed E-state index contributed by atoms with van der Waals surface area (Å²) in [6.45, 7) is 7.50. The van der Waals surface area contributed by atoms with Crippen molar-refractivity contribution in [1.29, 1.82) is 0 Å². The lowest BCUT2D eigenvalue weighted by Gasteiger charge is -2.39. The maximum absolute atomic E-state index is 9.94. The van der Waals surface area contributed by atoms with Gasteiger partial charge in [-0.15, -0.1) is 0 Å². The number of hydrogen-bond acceptors (Lipinski definition) is 4. The van der Waals surface area contributed by atoms with Crippen molar-refractivity contribution in [3.63, 3.8) is 0 Å². The molecule has 0 aromatic heterocycles. The van der Waals surface area contributed by atoms with E-state index >= 15 is 0 Å². The van der Waals surface area contributed by atoms with Gasteiger partial charge in [-0.2, -0.15) is 0 Å². The Labute approximate surface area is 79.7 Å². The summed E-state index contributed by atoms with van der Waals surface area (Å²) in [5, 5.41) is 19.0. The van der Waals surface area contributed by atoms with E-state index in [4.69, 9.17) is 11.0 Å². The minimum atomic E-state index is -0.659. The summed E-state index contributed by atoms with van der Waals surface area (Å²) < 4.78 is 0. The highest BCUT2D eigenvalue weighted by Gasteiger charge is 2.39. The van der Waals surface area contributed by atoms with Crippen LogP contribution in [-0.4, -0.2) is 29.5 Å². The van der Waals surface area contributed by atoms with E-state index < -0.39 is 16.9 Å². The molecule has 0 amide bonds. The SMILES string of the molecule is CC(C)(CO)C(O)C(C)(C)CON. The van der Waals surface area contributed by atoms with Crippen LogP contribution < -0.4 is 5.90 Å². The highest BCUT2D eigenvalue weighted by atomic mass is 16.6. The average Bonchev–Trinajstić information content (AvgIpc) is 2.03. The Bertz CT molecular complexity index is 157. The molecule has 0 aromatic rings. The zero-order valence-electron chi connectivity index (χ0n) is 8.87. The van der Waals surface area contributed by atoms with Crippen LogP contribution in [-0.2, 0) is 4.84 Å². The van der Waals surface area contributed by atoms with E-state index in [1.807, 2.05) is 13.8 Å². The van der Waals surface area contributed by atoms with Gasteiger partial charge in [-0.1, -0.05) is 27.7 Å². The second-order valence-electron chi connectivity index (χ2n) is 4.85. The molecule has 0 aromatic carbocycles. The predicted molar refractivity (Wildman–Crippen MR) is 50.8 cm³/mol. The Balaban J connectivity index is 4.47. The first-order valence-electron chi connectivity index (χ1n) is 4.38. The van der Waals surface area contributed by atoms with Gasteiger partial charge in [0.15, 0.2) is 0 Å². The first-order chi connectivity index (χ1) is 5.78. The van der Waals surface area contributed by atoms with Crippen LogP contribution in [0, 0.1) is 10.8 Å². The van der Waals surface area contributed by atoms with E-state index in [9.17, 15) is 5.11 Å². The summed E-state index contributed by atoms with van der Waals surface area (Å²) in [7, 11) is 0. The van der Waals surface area contributed by atoms with E-state index in [0.717, 1.165) is 0 Å². The molecule has 0 aliphatic carbocycles. The molecule has 13 heavy (non-hydrogen) atoms. The van der Waals surface area contributed by atoms with E-state index in [2.05, 4.69) is 4.84 Å². The monoisotopic (exact) mass is 191 g/mol. The third kappa shape index (κ3) is 3.23. The van der Waals surface area contributed by atoms with Gasteiger partial charge in [0.2, 0.25) is 0 Å². The maximum Gasteiger partial charge on any atom is 0.0755 e. The van der Waals surface area contributed by atoms with Gasteiger partial charge in [0.25, 0.3) is 0 Å². The van der Waals surface area contributed by atoms with Crippen LogP contribution in [0.5, 0.6) is 0 Å². The topological polar surface area (TPSA) is 75.7 Å². The lowest BCUT2D eigenvalue weighted by atomic mass is 9.73. The summed E-state index contributed by atoms with van der Waals surface area (Å²) in [4.78, 5) is 4.53. The van der Waals surface area contributed by atoms with Crippen molar-refractivity contribution in [3.8, 4) is 0 Å². The van der Waals surface area contributed by atoms with Crippen molar-refractivity contribution in [3.05, 3.63) is 0 Å². The molecular weight excluding hydrogens is 170 g/mol. The first-order valence-corrected chi connectivity index (χ1v) is 4.38. The Morgan fingerprint density at radius 3 is 2.00 bits per heavy atom. The van der Waals surface area contributed by atoms with Crippen molar-refractivity contribution >= 4 is 0 Å². The van der Waals surface area contributed by atoms with E-state index in [1.54, 1.807) is 13.8 Å². The minimum Gasteiger partial charge on any atom is -0.396 e. The molecule has 0 aliphatic heterocycles. The molecular formula is C9H21NO3. The summed E-state index contributed by atoms with van der Waals surface area (Å²) >= 11 is 0. The highest BCUT2D eigenvalue weighted by molar-refractivity contribution is 4.88. The van der Waals surface area contributed by atoms with Crippen molar-refractivity contribution in [1.82, 2.24) is 0 Å². The van der Waals surface area contributed by atoms with Gasteiger partial charge in [0.05, 0.1) is 19.3 Å². The summed E-state index contributed by atoms with van der Waals surface area (Å²) in [5.74, 6) is 4.96. The molecule has 1 unspecified atom stereocenters. The van der Waals surface area contributed by atoms with Crippen LogP contribution in [0.15, 0.2) is 0 Å². The second-order valence-corrected chi connectivity index (χ2v) is 4.85. The Morgan fingerprint density at radius 2 is 1.69 bits per heavy atom. The molecule has 0 saturated heterocycles. The molecule has 0 heterocycles. The lowest BCUT2D eigenvalue weighted by molar-refractivity contribution is -0.0956. The van der Waals surface area contributed by atoms with E-state index in [0.29, 0.717) is 0 Å². The molecule has 1 atom stereocenters. The molecule has 0 saturated carbocycles. The van der Waals surface area contributed by atoms with Crippen LogP contribution in [0.2, 0.25) is 0 Å². The molecule has 4 heteroatoms. The zero-order chi connectivity index (χ0) is 10.7. The first kappa shape index (κ1) is 12.8. The van der Waals surface area contributed by atoms with Crippen molar-refractivity contribution in [2.45, 2.75) is 33.8 Å². The third-order valence-electron chi connectivity index (χ3n) is 2.34. The van der Waals surface area contributed by atoms with Crippen LogP contribution >= 0.6 is 0 Å². The van der Waals surface area contributed by atoms with Gasteiger partial charge in [0.1, 0.15) is 0 Å². The van der Waals surface area contributed by atoms with Crippen LogP contribution in [0.25, 0.3) is 0 Å². The van der Waals surface area contributed by atoms with Gasteiger partial charge >= 0.3 is 0 Å². The molecule has 0 bridgehead atoms. The molecule has 0 fully saturated rings. The summed E-state index contributed by atoms with van der Waals surface area (Å²) in [6.07, 6.45) is -0.659. The number of nitrogens with two attached hydrogens (primary N) is 1. The summed E-state index contributed by atoms with van der Waals surface area (Å²) in [5.41, 5.74) is -0.997. The van der Waals surface area contributed by atoms with Gasteiger partial charge < -0.3 is 15.1 Å². The van der Waals surface area contributed by atoms with Gasteiger partial charge in [-0.25, -0.2) is 5.90 Å². The fourth-order valence-electron chi connectivity index (χ4n) is 1.44. The molecule has 80 valence electrons. The Morgan fingerprint density at radius 1 is 1.23 bits per heavy atom.